The van der Waals surface area contributed by atoms with Crippen molar-refractivity contribution in [3.63, 3.8) is 0 Å². The van der Waals surface area contributed by atoms with Gasteiger partial charge in [-0.15, -0.1) is 0 Å². The molecule has 1 aromatic carbocycles. The standard InChI is InChI=1S/C15H13ClF2N2O/c1-8-3-4-10(5-13(8)18)9(2)20-15(21)12-6-11(17)7-19-14(12)16/h3-7,9H,1-2H3,(H,20,21). The van der Waals surface area contributed by atoms with Gasteiger partial charge in [-0.25, -0.2) is 13.8 Å². The first-order valence-electron chi connectivity index (χ1n) is 6.26. The second-order valence-electron chi connectivity index (χ2n) is 4.70. The summed E-state index contributed by atoms with van der Waals surface area (Å²) in [6.07, 6.45) is 0.928. The van der Waals surface area contributed by atoms with Crippen molar-refractivity contribution in [2.24, 2.45) is 0 Å². The van der Waals surface area contributed by atoms with E-state index in [1.54, 1.807) is 26.0 Å². The fourth-order valence-corrected chi connectivity index (χ4v) is 2.01. The van der Waals surface area contributed by atoms with E-state index in [9.17, 15) is 13.6 Å². The zero-order valence-electron chi connectivity index (χ0n) is 11.5. The number of benzene rings is 1. The van der Waals surface area contributed by atoms with E-state index in [1.165, 1.54) is 6.07 Å². The minimum Gasteiger partial charge on any atom is -0.345 e. The Kier molecular flexibility index (Phi) is 4.53. The fourth-order valence-electron chi connectivity index (χ4n) is 1.82. The van der Waals surface area contributed by atoms with Crippen LogP contribution in [0.2, 0.25) is 5.15 Å². The maximum Gasteiger partial charge on any atom is 0.254 e. The van der Waals surface area contributed by atoms with E-state index >= 15 is 0 Å². The second-order valence-corrected chi connectivity index (χ2v) is 5.05. The monoisotopic (exact) mass is 310 g/mol. The van der Waals surface area contributed by atoms with Crippen molar-refractivity contribution < 1.29 is 13.6 Å². The minimum absolute atomic E-state index is 0.0592. The predicted molar refractivity (Wildman–Crippen MR) is 76.2 cm³/mol. The number of halogens is 3. The lowest BCUT2D eigenvalue weighted by atomic mass is 10.1. The van der Waals surface area contributed by atoms with Crippen molar-refractivity contribution in [1.82, 2.24) is 10.3 Å². The minimum atomic E-state index is -0.654. The van der Waals surface area contributed by atoms with Gasteiger partial charge in [-0.05, 0) is 37.1 Å². The summed E-state index contributed by atoms with van der Waals surface area (Å²) in [7, 11) is 0. The molecule has 110 valence electrons. The number of hydrogen-bond donors (Lipinski definition) is 1. The van der Waals surface area contributed by atoms with E-state index in [0.29, 0.717) is 11.1 Å². The van der Waals surface area contributed by atoms with Crippen molar-refractivity contribution in [1.29, 1.82) is 0 Å². The molecular formula is C15H13ClF2N2O. The van der Waals surface area contributed by atoms with Crippen LogP contribution in [0.15, 0.2) is 30.5 Å². The highest BCUT2D eigenvalue weighted by Crippen LogP contribution is 2.19. The summed E-state index contributed by atoms with van der Waals surface area (Å²) in [5.74, 6) is -1.57. The summed E-state index contributed by atoms with van der Waals surface area (Å²) in [5.41, 5.74) is 1.07. The molecule has 0 spiro atoms. The molecule has 2 rings (SSSR count). The van der Waals surface area contributed by atoms with Crippen LogP contribution in [0.3, 0.4) is 0 Å². The molecule has 1 atom stereocenters. The van der Waals surface area contributed by atoms with Crippen molar-refractivity contribution in [3.8, 4) is 0 Å². The van der Waals surface area contributed by atoms with Crippen LogP contribution in [0.5, 0.6) is 0 Å². The molecule has 1 aromatic heterocycles. The molecule has 0 aliphatic heterocycles. The first-order chi connectivity index (χ1) is 9.88. The molecule has 0 saturated carbocycles. The molecule has 1 heterocycles. The van der Waals surface area contributed by atoms with Crippen LogP contribution in [-0.4, -0.2) is 10.9 Å². The van der Waals surface area contributed by atoms with Gasteiger partial charge in [0.05, 0.1) is 17.8 Å². The number of carbonyl (C=O) groups excluding carboxylic acids is 1. The number of hydrogen-bond acceptors (Lipinski definition) is 2. The second kappa shape index (κ2) is 6.18. The van der Waals surface area contributed by atoms with Gasteiger partial charge in [0.2, 0.25) is 0 Å². The van der Waals surface area contributed by atoms with Crippen LogP contribution in [0.1, 0.15) is 34.5 Å². The summed E-state index contributed by atoms with van der Waals surface area (Å²) in [4.78, 5) is 15.6. The van der Waals surface area contributed by atoms with Crippen LogP contribution in [0.25, 0.3) is 0 Å². The van der Waals surface area contributed by atoms with Gasteiger partial charge < -0.3 is 5.32 Å². The van der Waals surface area contributed by atoms with Crippen molar-refractivity contribution in [2.75, 3.05) is 0 Å². The van der Waals surface area contributed by atoms with Gasteiger partial charge in [0.25, 0.3) is 5.91 Å². The smallest absolute Gasteiger partial charge is 0.254 e. The highest BCUT2D eigenvalue weighted by atomic mass is 35.5. The number of rotatable bonds is 3. The number of amides is 1. The topological polar surface area (TPSA) is 42.0 Å². The molecular weight excluding hydrogens is 298 g/mol. The van der Waals surface area contributed by atoms with Gasteiger partial charge in [0.1, 0.15) is 16.8 Å². The molecule has 2 aromatic rings. The lowest BCUT2D eigenvalue weighted by Gasteiger charge is -2.15. The SMILES string of the molecule is Cc1ccc(C(C)NC(=O)c2cc(F)cnc2Cl)cc1F. The van der Waals surface area contributed by atoms with Crippen LogP contribution in [0.4, 0.5) is 8.78 Å². The van der Waals surface area contributed by atoms with Crippen LogP contribution < -0.4 is 5.32 Å². The molecule has 0 fully saturated rings. The van der Waals surface area contributed by atoms with Gasteiger partial charge in [0.15, 0.2) is 0 Å². The molecule has 1 unspecified atom stereocenters. The Morgan fingerprint density at radius 1 is 1.33 bits per heavy atom. The first kappa shape index (κ1) is 15.4. The van der Waals surface area contributed by atoms with Crippen molar-refractivity contribution in [3.05, 3.63) is 63.9 Å². The molecule has 0 radical (unpaired) electrons. The molecule has 0 saturated heterocycles. The average Bonchev–Trinajstić information content (AvgIpc) is 2.44. The van der Waals surface area contributed by atoms with Crippen molar-refractivity contribution in [2.45, 2.75) is 19.9 Å². The molecule has 1 amide bonds. The number of nitrogens with zero attached hydrogens (tertiary/aromatic N) is 1. The van der Waals surface area contributed by atoms with E-state index in [4.69, 9.17) is 11.6 Å². The van der Waals surface area contributed by atoms with Gasteiger partial charge in [-0.1, -0.05) is 23.7 Å². The summed E-state index contributed by atoms with van der Waals surface area (Å²) < 4.78 is 26.6. The van der Waals surface area contributed by atoms with Gasteiger partial charge in [-0.3, -0.25) is 4.79 Å². The number of aromatic nitrogens is 1. The third-order valence-electron chi connectivity index (χ3n) is 3.09. The van der Waals surface area contributed by atoms with Gasteiger partial charge in [0, 0.05) is 0 Å². The van der Waals surface area contributed by atoms with E-state index in [-0.39, 0.29) is 16.5 Å². The maximum absolute atomic E-state index is 13.5. The van der Waals surface area contributed by atoms with Crippen LogP contribution >= 0.6 is 11.6 Å². The molecule has 3 nitrogen and oxygen atoms in total. The lowest BCUT2D eigenvalue weighted by Crippen LogP contribution is -2.27. The molecule has 21 heavy (non-hydrogen) atoms. The number of aryl methyl sites for hydroxylation is 1. The lowest BCUT2D eigenvalue weighted by molar-refractivity contribution is 0.0939. The zero-order chi connectivity index (χ0) is 15.6. The van der Waals surface area contributed by atoms with E-state index < -0.39 is 17.8 Å². The molecule has 0 bridgehead atoms. The predicted octanol–water partition coefficient (Wildman–Crippen LogP) is 3.81. The number of carbonyl (C=O) groups is 1. The largest absolute Gasteiger partial charge is 0.345 e. The Hall–Kier alpha value is -2.01. The van der Waals surface area contributed by atoms with E-state index in [2.05, 4.69) is 10.3 Å². The Balaban J connectivity index is 2.18. The van der Waals surface area contributed by atoms with Crippen LogP contribution in [0, 0.1) is 18.6 Å². The third-order valence-corrected chi connectivity index (χ3v) is 3.40. The summed E-state index contributed by atoms with van der Waals surface area (Å²) in [5, 5.41) is 2.54. The van der Waals surface area contributed by atoms with Gasteiger partial charge in [-0.2, -0.15) is 0 Å². The highest BCUT2D eigenvalue weighted by Gasteiger charge is 2.16. The molecule has 0 aliphatic rings. The summed E-state index contributed by atoms with van der Waals surface area (Å²) in [6, 6.07) is 5.25. The van der Waals surface area contributed by atoms with Gasteiger partial charge >= 0.3 is 0 Å². The Morgan fingerprint density at radius 3 is 2.71 bits per heavy atom. The summed E-state index contributed by atoms with van der Waals surface area (Å²) >= 11 is 5.77. The van der Waals surface area contributed by atoms with E-state index in [0.717, 1.165) is 12.3 Å². The van der Waals surface area contributed by atoms with Crippen LogP contribution in [-0.2, 0) is 0 Å². The number of pyridine rings is 1. The molecule has 0 aliphatic carbocycles. The molecule has 1 N–H and O–H groups in total. The highest BCUT2D eigenvalue weighted by molar-refractivity contribution is 6.32. The first-order valence-corrected chi connectivity index (χ1v) is 6.64. The fraction of sp³-hybridized carbons (Fsp3) is 0.200. The Morgan fingerprint density at radius 2 is 2.05 bits per heavy atom. The normalized spacial score (nSPS) is 12.0. The number of nitrogens with one attached hydrogen (secondary N) is 1. The zero-order valence-corrected chi connectivity index (χ0v) is 12.2. The maximum atomic E-state index is 13.5. The quantitative estimate of drug-likeness (QED) is 0.876. The van der Waals surface area contributed by atoms with Crippen molar-refractivity contribution >= 4 is 17.5 Å². The Labute approximate surface area is 126 Å². The molecule has 6 heteroatoms. The van der Waals surface area contributed by atoms with E-state index in [1.807, 2.05) is 0 Å². The third kappa shape index (κ3) is 3.55. The average molecular weight is 311 g/mol. The summed E-state index contributed by atoms with van der Waals surface area (Å²) in [6.45, 7) is 3.35. The Bertz CT molecular complexity index is 691.